The molecule has 0 unspecified atom stereocenters. The van der Waals surface area contributed by atoms with E-state index in [1.54, 1.807) is 6.07 Å². The Morgan fingerprint density at radius 3 is 2.38 bits per heavy atom. The molecule has 1 aromatic carbocycles. The van der Waals surface area contributed by atoms with Crippen molar-refractivity contribution in [2.75, 3.05) is 13.2 Å². The van der Waals surface area contributed by atoms with E-state index in [9.17, 15) is 5.11 Å². The molecule has 0 atom stereocenters. The van der Waals surface area contributed by atoms with Gasteiger partial charge in [-0.3, -0.25) is 0 Å². The van der Waals surface area contributed by atoms with Crippen molar-refractivity contribution >= 4 is 0 Å². The first-order chi connectivity index (χ1) is 6.34. The van der Waals surface area contributed by atoms with Gasteiger partial charge in [0.2, 0.25) is 0 Å². The van der Waals surface area contributed by atoms with Crippen molar-refractivity contribution in [2.45, 2.75) is 19.8 Å². The summed E-state index contributed by atoms with van der Waals surface area (Å²) in [7, 11) is 0. The van der Waals surface area contributed by atoms with Gasteiger partial charge in [-0.25, -0.2) is 0 Å². The van der Waals surface area contributed by atoms with Crippen molar-refractivity contribution in [3.8, 4) is 5.75 Å². The molecule has 1 heterocycles. The largest absolute Gasteiger partial charge is 0.508 e. The van der Waals surface area contributed by atoms with Gasteiger partial charge in [0.05, 0.1) is 13.2 Å². The Morgan fingerprint density at radius 2 is 1.92 bits per heavy atom. The van der Waals surface area contributed by atoms with E-state index in [1.807, 2.05) is 18.2 Å². The van der Waals surface area contributed by atoms with Crippen molar-refractivity contribution in [3.63, 3.8) is 0 Å². The van der Waals surface area contributed by atoms with Gasteiger partial charge >= 0.3 is 0 Å². The van der Waals surface area contributed by atoms with Crippen molar-refractivity contribution in [1.29, 1.82) is 0 Å². The maximum Gasteiger partial charge on any atom is 0.118 e. The summed E-state index contributed by atoms with van der Waals surface area (Å²) in [5, 5.41) is 9.24. The van der Waals surface area contributed by atoms with Gasteiger partial charge in [0, 0.05) is 0 Å². The zero-order valence-corrected chi connectivity index (χ0v) is 7.99. The van der Waals surface area contributed by atoms with Crippen LogP contribution in [0.5, 0.6) is 5.75 Å². The summed E-state index contributed by atoms with van der Waals surface area (Å²) in [6, 6.07) is 7.48. The fourth-order valence-corrected chi connectivity index (χ4v) is 0.992. The normalized spacial score (nSPS) is 13.0. The fraction of sp³-hybridized carbons (Fsp3) is 0.455. The molecule has 72 valence electrons. The third-order valence-electron chi connectivity index (χ3n) is 1.72. The summed E-state index contributed by atoms with van der Waals surface area (Å²) in [6.07, 6.45) is 2.05. The van der Waals surface area contributed by atoms with Gasteiger partial charge in [-0.1, -0.05) is 31.5 Å². The zero-order chi connectivity index (χ0) is 9.52. The molecule has 1 fully saturated rings. The Balaban J connectivity index is 0.000000236. The topological polar surface area (TPSA) is 32.8 Å². The Kier molecular flexibility index (Phi) is 4.33. The van der Waals surface area contributed by atoms with Crippen molar-refractivity contribution in [3.05, 3.63) is 29.8 Å². The molecule has 1 N–H and O–H groups in total. The van der Waals surface area contributed by atoms with Crippen LogP contribution < -0.4 is 0 Å². The number of hydrogen-bond acceptors (Lipinski definition) is 2. The Labute approximate surface area is 79.2 Å². The Bertz CT molecular complexity index is 241. The highest BCUT2D eigenvalue weighted by molar-refractivity contribution is 5.31. The molecular formula is C11H16O2. The molecule has 0 saturated carbocycles. The average Bonchev–Trinajstić information content (AvgIpc) is 2.95. The van der Waals surface area contributed by atoms with Crippen LogP contribution in [0, 0.1) is 0 Å². The summed E-state index contributed by atoms with van der Waals surface area (Å²) in [5.41, 5.74) is 1.05. The van der Waals surface area contributed by atoms with Gasteiger partial charge in [0.15, 0.2) is 0 Å². The van der Waals surface area contributed by atoms with Crippen molar-refractivity contribution < 1.29 is 9.84 Å². The SMILES string of the molecule is C1CO1.CCCc1ccccc1O. The molecule has 1 aliphatic heterocycles. The van der Waals surface area contributed by atoms with Crippen LogP contribution in [0.2, 0.25) is 0 Å². The van der Waals surface area contributed by atoms with E-state index < -0.39 is 0 Å². The lowest BCUT2D eigenvalue weighted by atomic mass is 10.1. The monoisotopic (exact) mass is 180 g/mol. The van der Waals surface area contributed by atoms with Gasteiger partial charge in [-0.05, 0) is 18.1 Å². The summed E-state index contributed by atoms with van der Waals surface area (Å²) in [5.74, 6) is 0.421. The lowest BCUT2D eigenvalue weighted by Crippen LogP contribution is -1.81. The van der Waals surface area contributed by atoms with Crippen LogP contribution >= 0.6 is 0 Å². The lowest BCUT2D eigenvalue weighted by molar-refractivity contribution is 0.467. The summed E-state index contributed by atoms with van der Waals surface area (Å²) >= 11 is 0. The number of hydrogen-bond donors (Lipinski definition) is 1. The van der Waals surface area contributed by atoms with Crippen molar-refractivity contribution in [2.24, 2.45) is 0 Å². The van der Waals surface area contributed by atoms with E-state index in [-0.39, 0.29) is 0 Å². The second kappa shape index (κ2) is 5.60. The number of rotatable bonds is 2. The second-order valence-corrected chi connectivity index (χ2v) is 2.99. The number of aryl methyl sites for hydroxylation is 1. The number of phenolic OH excluding ortho intramolecular Hbond substituents is 1. The molecule has 0 amide bonds. The molecule has 1 aromatic rings. The number of ether oxygens (including phenoxy) is 1. The average molecular weight is 180 g/mol. The van der Waals surface area contributed by atoms with Crippen LogP contribution in [-0.2, 0) is 11.2 Å². The van der Waals surface area contributed by atoms with E-state index in [0.29, 0.717) is 5.75 Å². The third-order valence-corrected chi connectivity index (χ3v) is 1.72. The van der Waals surface area contributed by atoms with Gasteiger partial charge < -0.3 is 9.84 Å². The molecule has 2 heteroatoms. The van der Waals surface area contributed by atoms with Crippen LogP contribution in [0.25, 0.3) is 0 Å². The van der Waals surface area contributed by atoms with Crippen molar-refractivity contribution in [1.82, 2.24) is 0 Å². The molecule has 0 bridgehead atoms. The number of para-hydroxylation sites is 1. The summed E-state index contributed by atoms with van der Waals surface area (Å²) in [4.78, 5) is 0. The highest BCUT2D eigenvalue weighted by atomic mass is 16.6. The molecule has 1 saturated heterocycles. The number of benzene rings is 1. The second-order valence-electron chi connectivity index (χ2n) is 2.99. The maximum absolute atomic E-state index is 9.24. The first kappa shape index (κ1) is 10.1. The highest BCUT2D eigenvalue weighted by Crippen LogP contribution is 2.16. The van der Waals surface area contributed by atoms with Gasteiger partial charge in [-0.2, -0.15) is 0 Å². The van der Waals surface area contributed by atoms with Crippen LogP contribution in [0.15, 0.2) is 24.3 Å². The van der Waals surface area contributed by atoms with E-state index >= 15 is 0 Å². The number of phenols is 1. The highest BCUT2D eigenvalue weighted by Gasteiger charge is 1.95. The van der Waals surface area contributed by atoms with E-state index in [2.05, 4.69) is 11.7 Å². The maximum atomic E-state index is 9.24. The molecule has 2 rings (SSSR count). The molecule has 0 aromatic heterocycles. The Hall–Kier alpha value is -1.02. The van der Waals surface area contributed by atoms with Crippen LogP contribution in [-0.4, -0.2) is 18.3 Å². The van der Waals surface area contributed by atoms with Gasteiger partial charge in [0.1, 0.15) is 5.75 Å². The third kappa shape index (κ3) is 4.53. The molecule has 13 heavy (non-hydrogen) atoms. The molecule has 0 radical (unpaired) electrons. The predicted molar refractivity (Wildman–Crippen MR) is 52.9 cm³/mol. The molecule has 1 aliphatic rings. The Morgan fingerprint density at radius 1 is 1.31 bits per heavy atom. The van der Waals surface area contributed by atoms with E-state index in [0.717, 1.165) is 31.6 Å². The number of aromatic hydroxyl groups is 1. The molecule has 0 aliphatic carbocycles. The van der Waals surface area contributed by atoms with Crippen LogP contribution in [0.4, 0.5) is 0 Å². The predicted octanol–water partition coefficient (Wildman–Crippen LogP) is 2.36. The molecule has 0 spiro atoms. The van der Waals surface area contributed by atoms with Gasteiger partial charge in [0.25, 0.3) is 0 Å². The minimum absolute atomic E-state index is 0.421. The van der Waals surface area contributed by atoms with Gasteiger partial charge in [-0.15, -0.1) is 0 Å². The van der Waals surface area contributed by atoms with E-state index in [1.165, 1.54) is 0 Å². The smallest absolute Gasteiger partial charge is 0.118 e. The van der Waals surface area contributed by atoms with Crippen LogP contribution in [0.3, 0.4) is 0 Å². The lowest BCUT2D eigenvalue weighted by Gasteiger charge is -1.99. The zero-order valence-electron chi connectivity index (χ0n) is 7.99. The van der Waals surface area contributed by atoms with E-state index in [4.69, 9.17) is 0 Å². The minimum Gasteiger partial charge on any atom is -0.508 e. The summed E-state index contributed by atoms with van der Waals surface area (Å²) < 4.78 is 4.50. The minimum atomic E-state index is 0.421. The standard InChI is InChI=1S/C9H12O.C2H4O/c1-2-5-8-6-3-4-7-9(8)10;1-2-3-1/h3-4,6-7,10H,2,5H2,1H3;1-2H2. The first-order valence-electron chi connectivity index (χ1n) is 4.69. The quantitative estimate of drug-likeness (QED) is 0.709. The molecular weight excluding hydrogens is 164 g/mol. The fourth-order valence-electron chi connectivity index (χ4n) is 0.992. The van der Waals surface area contributed by atoms with Crippen LogP contribution in [0.1, 0.15) is 18.9 Å². The number of epoxide rings is 1. The summed E-state index contributed by atoms with van der Waals surface area (Å²) in [6.45, 7) is 4.10. The molecule has 2 nitrogen and oxygen atoms in total. The first-order valence-corrected chi connectivity index (χ1v) is 4.69.